The molecule has 0 saturated heterocycles. The Morgan fingerprint density at radius 1 is 1.07 bits per heavy atom. The van der Waals surface area contributed by atoms with E-state index in [2.05, 4.69) is 50.4 Å². The first-order valence-corrected chi connectivity index (χ1v) is 10.8. The van der Waals surface area contributed by atoms with Gasteiger partial charge in [-0.15, -0.1) is 10.2 Å². The number of nitrogens with one attached hydrogen (secondary N) is 1. The van der Waals surface area contributed by atoms with Crippen molar-refractivity contribution >= 4 is 33.1 Å². The SMILES string of the molecule is O=C(C[C@@H](c1cccc2ccccc12)n1cccc1)Nc1nnc(C2CCC2)s1. The summed E-state index contributed by atoms with van der Waals surface area (Å²) < 4.78 is 2.10. The summed E-state index contributed by atoms with van der Waals surface area (Å²) in [6, 6.07) is 18.5. The molecular weight excluding hydrogens is 380 g/mol. The molecular formula is C23H22N4OS. The van der Waals surface area contributed by atoms with Gasteiger partial charge in [0.05, 0.1) is 12.5 Å². The lowest BCUT2D eigenvalue weighted by Crippen LogP contribution is -2.19. The highest BCUT2D eigenvalue weighted by molar-refractivity contribution is 7.15. The lowest BCUT2D eigenvalue weighted by atomic mass is 9.86. The lowest BCUT2D eigenvalue weighted by molar-refractivity contribution is -0.116. The average molecular weight is 403 g/mol. The molecule has 5 rings (SSSR count). The number of hydrogen-bond acceptors (Lipinski definition) is 4. The third-order valence-electron chi connectivity index (χ3n) is 5.69. The van der Waals surface area contributed by atoms with Gasteiger partial charge in [0, 0.05) is 18.3 Å². The van der Waals surface area contributed by atoms with Gasteiger partial charge in [-0.05, 0) is 41.3 Å². The van der Waals surface area contributed by atoms with Crippen molar-refractivity contribution in [3.8, 4) is 0 Å². The molecule has 0 bridgehead atoms. The molecule has 1 atom stereocenters. The number of nitrogens with zero attached hydrogens (tertiary/aromatic N) is 3. The molecule has 2 heterocycles. The van der Waals surface area contributed by atoms with Crippen LogP contribution in [-0.2, 0) is 4.79 Å². The minimum Gasteiger partial charge on any atom is -0.346 e. The Morgan fingerprint density at radius 2 is 1.86 bits per heavy atom. The van der Waals surface area contributed by atoms with Crippen LogP contribution in [0.3, 0.4) is 0 Å². The second-order valence-corrected chi connectivity index (χ2v) is 8.55. The van der Waals surface area contributed by atoms with Gasteiger partial charge in [0.1, 0.15) is 5.01 Å². The van der Waals surface area contributed by atoms with Crippen LogP contribution in [0.4, 0.5) is 5.13 Å². The molecule has 4 aromatic rings. The summed E-state index contributed by atoms with van der Waals surface area (Å²) in [5.41, 5.74) is 1.14. The van der Waals surface area contributed by atoms with Crippen LogP contribution in [0.15, 0.2) is 67.0 Å². The highest BCUT2D eigenvalue weighted by atomic mass is 32.1. The van der Waals surface area contributed by atoms with Crippen molar-refractivity contribution in [2.75, 3.05) is 5.32 Å². The lowest BCUT2D eigenvalue weighted by Gasteiger charge is -2.22. The fraction of sp³-hybridized carbons (Fsp3) is 0.261. The molecule has 1 aliphatic rings. The Balaban J connectivity index is 1.40. The van der Waals surface area contributed by atoms with Crippen molar-refractivity contribution in [1.82, 2.24) is 14.8 Å². The van der Waals surface area contributed by atoms with Crippen LogP contribution in [-0.4, -0.2) is 20.7 Å². The van der Waals surface area contributed by atoms with Crippen LogP contribution in [0.2, 0.25) is 0 Å². The first kappa shape index (κ1) is 18.1. The fourth-order valence-corrected chi connectivity index (χ4v) is 4.85. The van der Waals surface area contributed by atoms with Gasteiger partial charge in [-0.2, -0.15) is 0 Å². The second-order valence-electron chi connectivity index (χ2n) is 7.54. The molecule has 1 fully saturated rings. The Kier molecular flexibility index (Phi) is 4.86. The van der Waals surface area contributed by atoms with Crippen molar-refractivity contribution in [3.05, 3.63) is 77.6 Å². The first-order valence-electron chi connectivity index (χ1n) is 10.0. The Bertz CT molecular complexity index is 1130. The first-order chi connectivity index (χ1) is 14.3. The number of hydrogen-bond donors (Lipinski definition) is 1. The summed E-state index contributed by atoms with van der Waals surface area (Å²) in [4.78, 5) is 12.9. The maximum Gasteiger partial charge on any atom is 0.228 e. The molecule has 0 aliphatic heterocycles. The van der Waals surface area contributed by atoms with E-state index in [1.54, 1.807) is 0 Å². The minimum atomic E-state index is -0.0878. The molecule has 0 unspecified atom stereocenters. The van der Waals surface area contributed by atoms with E-state index in [4.69, 9.17) is 0 Å². The number of anilines is 1. The number of carbonyl (C=O) groups excluding carboxylic acids is 1. The summed E-state index contributed by atoms with van der Waals surface area (Å²) in [5, 5.41) is 15.4. The zero-order valence-corrected chi connectivity index (χ0v) is 16.8. The fourth-order valence-electron chi connectivity index (χ4n) is 3.92. The Hall–Kier alpha value is -2.99. The van der Waals surface area contributed by atoms with Gasteiger partial charge in [-0.1, -0.05) is 60.2 Å². The summed E-state index contributed by atoms with van der Waals surface area (Å²) in [5.74, 6) is 0.481. The molecule has 5 nitrogen and oxygen atoms in total. The van der Waals surface area contributed by atoms with Gasteiger partial charge in [-0.25, -0.2) is 0 Å². The standard InChI is InChI=1S/C23H22N4OS/c28-21(24-23-26-25-22(29-23)17-9-5-10-17)15-20(27-13-3-4-14-27)19-12-6-8-16-7-1-2-11-18(16)19/h1-4,6-8,11-14,17,20H,5,9-10,15H2,(H,24,26,28)/t20-/m0/s1. The Labute approximate surface area is 173 Å². The van der Waals surface area contributed by atoms with Crippen molar-refractivity contribution in [3.63, 3.8) is 0 Å². The van der Waals surface area contributed by atoms with Crippen molar-refractivity contribution < 1.29 is 4.79 Å². The molecule has 0 spiro atoms. The van der Waals surface area contributed by atoms with E-state index < -0.39 is 0 Å². The van der Waals surface area contributed by atoms with Crippen molar-refractivity contribution in [2.24, 2.45) is 0 Å². The van der Waals surface area contributed by atoms with Gasteiger partial charge in [0.25, 0.3) is 0 Å². The summed E-state index contributed by atoms with van der Waals surface area (Å²) >= 11 is 1.51. The Morgan fingerprint density at radius 3 is 2.66 bits per heavy atom. The van der Waals surface area contributed by atoms with E-state index in [0.717, 1.165) is 10.6 Å². The molecule has 6 heteroatoms. The quantitative estimate of drug-likeness (QED) is 0.471. The monoisotopic (exact) mass is 402 g/mol. The number of carbonyl (C=O) groups is 1. The predicted molar refractivity (Wildman–Crippen MR) is 116 cm³/mol. The summed E-state index contributed by atoms with van der Waals surface area (Å²) in [6.07, 6.45) is 7.98. The maximum atomic E-state index is 12.9. The number of amides is 1. The second kappa shape index (κ2) is 7.79. The van der Waals surface area contributed by atoms with E-state index in [0.29, 0.717) is 17.5 Å². The highest BCUT2D eigenvalue weighted by Gasteiger charge is 2.24. The number of rotatable bonds is 6. The van der Waals surface area contributed by atoms with Crippen molar-refractivity contribution in [1.29, 1.82) is 0 Å². The zero-order valence-electron chi connectivity index (χ0n) is 16.0. The van der Waals surface area contributed by atoms with Gasteiger partial charge >= 0.3 is 0 Å². The van der Waals surface area contributed by atoms with Gasteiger partial charge < -0.3 is 9.88 Å². The third-order valence-corrected chi connectivity index (χ3v) is 6.69. The van der Waals surface area contributed by atoms with E-state index in [1.165, 1.54) is 41.4 Å². The van der Waals surface area contributed by atoms with E-state index in [9.17, 15) is 4.79 Å². The van der Waals surface area contributed by atoms with E-state index in [1.807, 2.05) is 36.7 Å². The third kappa shape index (κ3) is 3.68. The largest absolute Gasteiger partial charge is 0.346 e. The zero-order chi connectivity index (χ0) is 19.6. The van der Waals surface area contributed by atoms with E-state index in [-0.39, 0.29) is 11.9 Å². The molecule has 29 heavy (non-hydrogen) atoms. The van der Waals surface area contributed by atoms with Crippen LogP contribution in [0.25, 0.3) is 10.8 Å². The van der Waals surface area contributed by atoms with Gasteiger partial charge in [0.2, 0.25) is 11.0 Å². The predicted octanol–water partition coefficient (Wildman–Crippen LogP) is 5.38. The summed E-state index contributed by atoms with van der Waals surface area (Å²) in [7, 11) is 0. The van der Waals surface area contributed by atoms with Crippen LogP contribution in [0.1, 0.15) is 48.2 Å². The number of aromatic nitrogens is 3. The van der Waals surface area contributed by atoms with Crippen LogP contribution < -0.4 is 5.32 Å². The molecule has 1 aliphatic carbocycles. The molecule has 1 saturated carbocycles. The van der Waals surface area contributed by atoms with Gasteiger partial charge in [-0.3, -0.25) is 4.79 Å². The normalized spacial score (nSPS) is 15.2. The van der Waals surface area contributed by atoms with E-state index >= 15 is 0 Å². The molecule has 146 valence electrons. The van der Waals surface area contributed by atoms with Gasteiger partial charge in [0.15, 0.2) is 0 Å². The van der Waals surface area contributed by atoms with Crippen LogP contribution >= 0.6 is 11.3 Å². The van der Waals surface area contributed by atoms with Crippen molar-refractivity contribution in [2.45, 2.75) is 37.6 Å². The molecule has 0 radical (unpaired) electrons. The topological polar surface area (TPSA) is 59.8 Å². The summed E-state index contributed by atoms with van der Waals surface area (Å²) in [6.45, 7) is 0. The molecule has 2 aromatic heterocycles. The molecule has 1 N–H and O–H groups in total. The number of benzene rings is 2. The van der Waals surface area contributed by atoms with Crippen LogP contribution in [0.5, 0.6) is 0 Å². The minimum absolute atomic E-state index is 0.0482. The maximum absolute atomic E-state index is 12.9. The highest BCUT2D eigenvalue weighted by Crippen LogP contribution is 2.38. The average Bonchev–Trinajstić information content (AvgIpc) is 3.37. The number of fused-ring (bicyclic) bond motifs is 1. The molecule has 1 amide bonds. The molecule has 2 aromatic carbocycles. The van der Waals surface area contributed by atoms with Crippen LogP contribution in [0, 0.1) is 0 Å². The smallest absolute Gasteiger partial charge is 0.228 e.